The molecule has 0 N–H and O–H groups in total. The van der Waals surface area contributed by atoms with E-state index in [0.717, 1.165) is 124 Å². The summed E-state index contributed by atoms with van der Waals surface area (Å²) in [4.78, 5) is 4.95. The summed E-state index contributed by atoms with van der Waals surface area (Å²) in [5, 5.41) is 4.19. The first-order valence-electron chi connectivity index (χ1n) is 34.5. The third-order valence-corrected chi connectivity index (χ3v) is 19.6. The van der Waals surface area contributed by atoms with Crippen molar-refractivity contribution in [1.82, 2.24) is 14.1 Å². The van der Waals surface area contributed by atoms with E-state index in [9.17, 15) is 0 Å². The minimum atomic E-state index is -2.69. The second kappa shape index (κ2) is 19.9. The highest BCUT2D eigenvalue weighted by Crippen LogP contribution is 2.54. The van der Waals surface area contributed by atoms with E-state index in [4.69, 9.17) is 22.4 Å². The van der Waals surface area contributed by atoms with E-state index in [0.29, 0.717) is 28.3 Å². The summed E-state index contributed by atoms with van der Waals surface area (Å²) < 4.78 is 74.4. The molecule has 0 radical (unpaired) electrons. The average molecular weight is 1180 g/mol. The van der Waals surface area contributed by atoms with Crippen molar-refractivity contribution in [2.24, 2.45) is 0 Å². The number of nitrogens with zero attached hydrogens (tertiary/aromatic N) is 4. The summed E-state index contributed by atoms with van der Waals surface area (Å²) in [7, 11) is 0. The van der Waals surface area contributed by atoms with Crippen molar-refractivity contribution in [3.8, 4) is 84.3 Å². The summed E-state index contributed by atoms with van der Waals surface area (Å²) in [6.45, 7) is 17.6. The van der Waals surface area contributed by atoms with Crippen LogP contribution in [-0.4, -0.2) is 14.1 Å². The first-order chi connectivity index (χ1) is 45.6. The molecule has 1 aliphatic heterocycles. The van der Waals surface area contributed by atoms with Gasteiger partial charge in [-0.3, -0.25) is 13.7 Å². The van der Waals surface area contributed by atoms with Crippen LogP contribution in [0.2, 0.25) is 0 Å². The van der Waals surface area contributed by atoms with Crippen LogP contribution in [0.5, 0.6) is 11.5 Å². The highest BCUT2D eigenvalue weighted by atomic mass is 16.5. The number of fused-ring (bicyclic) bond motifs is 14. The number of rotatable bonds is 6. The number of ether oxygens (including phenoxy) is 1. The maximum atomic E-state index is 9.06. The average Bonchev–Trinajstić information content (AvgIpc) is 1.44. The number of pyridine rings is 1. The van der Waals surface area contributed by atoms with Gasteiger partial charge in [-0.25, -0.2) is 4.98 Å². The van der Waals surface area contributed by atoms with Crippen molar-refractivity contribution >= 4 is 54.8 Å². The highest BCUT2D eigenvalue weighted by molar-refractivity contribution is 6.10. The maximum Gasteiger partial charge on any atom is 0.269 e. The lowest BCUT2D eigenvalue weighted by Crippen LogP contribution is -2.34. The molecule has 442 valence electrons. The molecule has 0 bridgehead atoms. The highest BCUT2D eigenvalue weighted by Gasteiger charge is 2.39. The molecule has 6 heteroatoms. The number of para-hydroxylation sites is 2. The molecule has 14 aromatic rings. The normalized spacial score (nSPS) is 15.6. The summed E-state index contributed by atoms with van der Waals surface area (Å²) in [5.41, 5.74) is 19.0. The molecule has 6 nitrogen and oxygen atoms in total. The van der Waals surface area contributed by atoms with Gasteiger partial charge in [0.2, 0.25) is 0 Å². The molecule has 2 aliphatic rings. The second-order valence-corrected chi connectivity index (χ2v) is 28.4. The van der Waals surface area contributed by atoms with E-state index >= 15 is 0 Å². The fourth-order valence-electron chi connectivity index (χ4n) is 14.5. The number of furan rings is 1. The lowest BCUT2D eigenvalue weighted by atomic mass is 9.62. The number of imidazole rings is 1. The Bertz CT molecular complexity index is 5550. The van der Waals surface area contributed by atoms with Gasteiger partial charge in [-0.1, -0.05) is 184 Å². The van der Waals surface area contributed by atoms with Crippen molar-refractivity contribution in [2.75, 3.05) is 0 Å². The van der Waals surface area contributed by atoms with Crippen molar-refractivity contribution in [3.05, 3.63) is 246 Å². The third-order valence-electron chi connectivity index (χ3n) is 19.6. The van der Waals surface area contributed by atoms with E-state index in [2.05, 4.69) is 212 Å². The van der Waals surface area contributed by atoms with E-state index in [-0.39, 0.29) is 38.4 Å². The lowest BCUT2D eigenvalue weighted by Gasteiger charge is -2.42. The van der Waals surface area contributed by atoms with Crippen LogP contribution in [0.15, 0.2) is 211 Å². The topological polar surface area (TPSA) is 49.0 Å². The summed E-state index contributed by atoms with van der Waals surface area (Å²) in [6.07, 6.45) is 7.97. The zero-order valence-electron chi connectivity index (χ0n) is 58.6. The predicted molar refractivity (Wildman–Crippen MR) is 372 cm³/mol. The smallest absolute Gasteiger partial charge is 0.269 e. The Balaban J connectivity index is 1.02. The fourth-order valence-corrected chi connectivity index (χ4v) is 14.5. The van der Waals surface area contributed by atoms with Gasteiger partial charge < -0.3 is 9.15 Å². The second-order valence-electron chi connectivity index (χ2n) is 28.4. The number of hydrogen-bond acceptors (Lipinski definition) is 3. The fraction of sp³-hybridized carbons (Fsp3) is 0.214. The zero-order chi connectivity index (χ0) is 66.9. The van der Waals surface area contributed by atoms with E-state index in [1.807, 2.05) is 65.4 Å². The van der Waals surface area contributed by atoms with Crippen molar-refractivity contribution in [2.45, 2.75) is 117 Å². The Morgan fingerprint density at radius 3 is 1.89 bits per heavy atom. The Morgan fingerprint density at radius 1 is 0.500 bits per heavy atom. The quantitative estimate of drug-likeness (QED) is 0.123. The van der Waals surface area contributed by atoms with E-state index in [1.165, 1.54) is 16.7 Å². The summed E-state index contributed by atoms with van der Waals surface area (Å²) in [6, 6.07) is 68.5. The van der Waals surface area contributed by atoms with Crippen molar-refractivity contribution in [1.29, 1.82) is 0 Å². The van der Waals surface area contributed by atoms with Gasteiger partial charge in [0.25, 0.3) is 6.33 Å². The van der Waals surface area contributed by atoms with Crippen LogP contribution in [0.3, 0.4) is 0 Å². The molecule has 0 unspecified atom stereocenters. The number of aryl methyl sites for hydroxylation is 2. The molecule has 16 rings (SSSR count). The van der Waals surface area contributed by atoms with E-state index in [1.54, 1.807) is 18.2 Å². The van der Waals surface area contributed by atoms with Crippen LogP contribution in [0, 0.1) is 20.0 Å². The lowest BCUT2D eigenvalue weighted by molar-refractivity contribution is -0.570. The first-order valence-corrected chi connectivity index (χ1v) is 31.5. The minimum absolute atomic E-state index is 0.0515. The Hall–Kier alpha value is -9.78. The van der Waals surface area contributed by atoms with Crippen LogP contribution >= 0.6 is 0 Å². The maximum absolute atomic E-state index is 9.06. The molecule has 0 atom stereocenters. The van der Waals surface area contributed by atoms with Crippen LogP contribution in [0.1, 0.15) is 124 Å². The molecule has 0 spiro atoms. The van der Waals surface area contributed by atoms with Crippen LogP contribution in [-0.2, 0) is 21.7 Å². The number of aromatic nitrogens is 4. The molecule has 0 amide bonds. The molecule has 0 fully saturated rings. The Morgan fingerprint density at radius 2 is 1.14 bits per heavy atom. The van der Waals surface area contributed by atoms with E-state index < -0.39 is 13.7 Å². The first kappa shape index (κ1) is 49.1. The number of benzene rings is 10. The van der Waals surface area contributed by atoms with Gasteiger partial charge in [-0.05, 0) is 216 Å². The number of hydrogen-bond donors (Lipinski definition) is 0. The molecule has 1 aliphatic carbocycles. The van der Waals surface area contributed by atoms with Gasteiger partial charge in [-0.15, -0.1) is 0 Å². The molecular weight excluding hydrogens is 1100 g/mol. The largest absolute Gasteiger partial charge is 0.458 e. The van der Waals surface area contributed by atoms with Gasteiger partial charge in [0.1, 0.15) is 28.5 Å². The Kier molecular flexibility index (Phi) is 10.8. The molecular formula is C84H74N4O2. The summed E-state index contributed by atoms with van der Waals surface area (Å²) >= 11 is 0. The molecule has 0 saturated carbocycles. The monoisotopic (exact) mass is 1180 g/mol. The predicted octanol–water partition coefficient (Wildman–Crippen LogP) is 22.1. The molecule has 10 aromatic carbocycles. The molecule has 5 heterocycles. The van der Waals surface area contributed by atoms with Gasteiger partial charge >= 0.3 is 0 Å². The van der Waals surface area contributed by atoms with Crippen LogP contribution < -0.4 is 9.30 Å². The molecule has 0 saturated heterocycles. The third kappa shape index (κ3) is 8.80. The van der Waals surface area contributed by atoms with Gasteiger partial charge in [-0.2, -0.15) is 0 Å². The zero-order valence-corrected chi connectivity index (χ0v) is 52.6. The van der Waals surface area contributed by atoms with Crippen LogP contribution in [0.4, 0.5) is 0 Å². The van der Waals surface area contributed by atoms with Crippen LogP contribution in [0.25, 0.3) is 128 Å². The Labute approximate surface area is 536 Å². The SMILES string of the molecule is [2H]C([2H])([2H])c1cccc(C([2H])([2H])[2H])c1-c1cc2c3c(c1)n(-c1cccc(Oc4ccc5c6ccccc6n(-c6cc(C(C)(C)C)ccn6)c5c4)c1)[c-][n+]3-c1c(-c3ccc4oc5ccccc5c4c3)cc(C(C)(C)C)cc1-c1cc3c(cc1-c1ccccc1-2)C(C)(C)CCC3(C)C. The molecule has 4 aromatic heterocycles. The van der Waals surface area contributed by atoms with Crippen molar-refractivity contribution < 1.29 is 21.9 Å². The van der Waals surface area contributed by atoms with Gasteiger partial charge in [0, 0.05) is 42.0 Å². The standard InChI is InChI=1S/C84H74N4O2/c1-50-21-19-22-51(2)78(50)53-40-68-60-26-14-13-25-59(60)65-47-70-71(84(11,12)37-36-83(70,9)10)48-66(65)69-43-55(82(6,7)8)42-64(52-31-34-76-67(39-52)63-28-16-18-30-75(63)90-76)79(69)87-49-86(74(41-53)80(68)87)56-23-20-24-57(45-56)89-58-32-33-62-61-27-15-17-29-72(61)88(73(62)46-58)77-44-54(35-38-85-77)81(3,4)5/h13-35,38-48H,36-37H2,1-12H3/i1D3,2D3. The minimum Gasteiger partial charge on any atom is -0.458 e. The van der Waals surface area contributed by atoms with Gasteiger partial charge in [0.15, 0.2) is 0 Å². The van der Waals surface area contributed by atoms with Gasteiger partial charge in [0.05, 0.1) is 33.4 Å². The molecule has 90 heavy (non-hydrogen) atoms. The summed E-state index contributed by atoms with van der Waals surface area (Å²) in [5.74, 6) is 2.00. The van der Waals surface area contributed by atoms with Crippen molar-refractivity contribution in [3.63, 3.8) is 0 Å².